The minimum atomic E-state index is 0.155. The van der Waals surface area contributed by atoms with Crippen LogP contribution in [0.5, 0.6) is 0 Å². The summed E-state index contributed by atoms with van der Waals surface area (Å²) in [6, 6.07) is 1.83. The predicted molar refractivity (Wildman–Crippen MR) is 80.5 cm³/mol. The molecule has 1 aliphatic heterocycles. The smallest absolute Gasteiger partial charge is 0.227 e. The summed E-state index contributed by atoms with van der Waals surface area (Å²) in [6.07, 6.45) is 4.50. The van der Waals surface area contributed by atoms with E-state index >= 15 is 0 Å². The molecule has 1 fully saturated rings. The number of rotatable bonds is 4. The molecule has 0 N–H and O–H groups in total. The molecule has 1 amide bonds. The monoisotopic (exact) mass is 306 g/mol. The molecule has 2 aromatic heterocycles. The molecule has 1 aliphatic rings. The number of furan rings is 1. The number of amides is 1. The Kier molecular flexibility index (Phi) is 4.19. The van der Waals surface area contributed by atoms with Crippen molar-refractivity contribution in [2.75, 3.05) is 31.1 Å². The first kappa shape index (κ1) is 14.1. The standard InChI is InChI=1S/C14H18N4O2S/c1-2-12-15-14(21-16-12)18-6-4-17(5-7-18)13(19)9-11-3-8-20-10-11/h3,8,10H,2,4-7,9H2,1H3. The molecule has 0 unspecified atom stereocenters. The second-order valence-electron chi connectivity index (χ2n) is 5.02. The first-order valence-corrected chi connectivity index (χ1v) is 7.90. The van der Waals surface area contributed by atoms with Crippen molar-refractivity contribution in [1.82, 2.24) is 14.3 Å². The summed E-state index contributed by atoms with van der Waals surface area (Å²) in [7, 11) is 0. The number of anilines is 1. The highest BCUT2D eigenvalue weighted by Crippen LogP contribution is 2.19. The fourth-order valence-corrected chi connectivity index (χ4v) is 3.14. The van der Waals surface area contributed by atoms with Gasteiger partial charge in [-0.1, -0.05) is 6.92 Å². The quantitative estimate of drug-likeness (QED) is 0.858. The molecule has 6 nitrogen and oxygen atoms in total. The molecule has 7 heteroatoms. The van der Waals surface area contributed by atoms with Crippen molar-refractivity contribution in [3.63, 3.8) is 0 Å². The van der Waals surface area contributed by atoms with E-state index in [1.165, 1.54) is 11.5 Å². The average molecular weight is 306 g/mol. The molecule has 2 aromatic rings. The van der Waals surface area contributed by atoms with Gasteiger partial charge in [-0.25, -0.2) is 4.98 Å². The average Bonchev–Trinajstić information content (AvgIpc) is 3.18. The van der Waals surface area contributed by atoms with Gasteiger partial charge in [-0.3, -0.25) is 4.79 Å². The molecular formula is C14H18N4O2S. The Morgan fingerprint density at radius 2 is 2.19 bits per heavy atom. The van der Waals surface area contributed by atoms with Gasteiger partial charge in [-0.2, -0.15) is 4.37 Å². The first-order chi connectivity index (χ1) is 10.3. The normalized spacial score (nSPS) is 15.5. The minimum absolute atomic E-state index is 0.155. The summed E-state index contributed by atoms with van der Waals surface area (Å²) >= 11 is 1.44. The maximum atomic E-state index is 12.2. The van der Waals surface area contributed by atoms with Crippen LogP contribution in [0.2, 0.25) is 0 Å². The Morgan fingerprint density at radius 3 is 2.81 bits per heavy atom. The Labute approximate surface area is 127 Å². The van der Waals surface area contributed by atoms with E-state index in [-0.39, 0.29) is 5.91 Å². The van der Waals surface area contributed by atoms with Crippen molar-refractivity contribution < 1.29 is 9.21 Å². The molecular weight excluding hydrogens is 288 g/mol. The number of hydrogen-bond donors (Lipinski definition) is 0. The molecule has 0 aliphatic carbocycles. The van der Waals surface area contributed by atoms with E-state index in [0.717, 1.165) is 49.1 Å². The van der Waals surface area contributed by atoms with E-state index in [9.17, 15) is 4.79 Å². The lowest BCUT2D eigenvalue weighted by Crippen LogP contribution is -2.49. The molecule has 0 atom stereocenters. The highest BCUT2D eigenvalue weighted by Gasteiger charge is 2.23. The van der Waals surface area contributed by atoms with Crippen LogP contribution in [0.3, 0.4) is 0 Å². The lowest BCUT2D eigenvalue weighted by Gasteiger charge is -2.34. The van der Waals surface area contributed by atoms with Gasteiger partial charge in [0, 0.05) is 44.1 Å². The van der Waals surface area contributed by atoms with Gasteiger partial charge >= 0.3 is 0 Å². The highest BCUT2D eigenvalue weighted by atomic mass is 32.1. The van der Waals surface area contributed by atoms with Crippen LogP contribution < -0.4 is 4.90 Å². The highest BCUT2D eigenvalue weighted by molar-refractivity contribution is 7.09. The van der Waals surface area contributed by atoms with Gasteiger partial charge < -0.3 is 14.2 Å². The van der Waals surface area contributed by atoms with E-state index in [4.69, 9.17) is 4.42 Å². The number of nitrogens with zero attached hydrogens (tertiary/aromatic N) is 4. The summed E-state index contributed by atoms with van der Waals surface area (Å²) in [5.74, 6) is 1.05. The zero-order chi connectivity index (χ0) is 14.7. The Bertz CT molecular complexity index is 588. The third-order valence-electron chi connectivity index (χ3n) is 3.61. The van der Waals surface area contributed by atoms with Gasteiger partial charge in [-0.05, 0) is 11.6 Å². The van der Waals surface area contributed by atoms with Crippen LogP contribution in [0, 0.1) is 0 Å². The zero-order valence-electron chi connectivity index (χ0n) is 12.0. The predicted octanol–water partition coefficient (Wildman–Crippen LogP) is 1.58. The molecule has 112 valence electrons. The lowest BCUT2D eigenvalue weighted by molar-refractivity contribution is -0.130. The van der Waals surface area contributed by atoms with Gasteiger partial charge in [0.05, 0.1) is 18.9 Å². The fraction of sp³-hybridized carbons (Fsp3) is 0.500. The topological polar surface area (TPSA) is 62.5 Å². The molecule has 0 aromatic carbocycles. The molecule has 0 spiro atoms. The van der Waals surface area contributed by atoms with Crippen molar-refractivity contribution in [1.29, 1.82) is 0 Å². The summed E-state index contributed by atoms with van der Waals surface area (Å²) < 4.78 is 9.31. The maximum absolute atomic E-state index is 12.2. The maximum Gasteiger partial charge on any atom is 0.227 e. The van der Waals surface area contributed by atoms with Crippen molar-refractivity contribution in [2.45, 2.75) is 19.8 Å². The Hall–Kier alpha value is -1.89. The molecule has 0 saturated carbocycles. The van der Waals surface area contributed by atoms with E-state index < -0.39 is 0 Å². The van der Waals surface area contributed by atoms with Crippen LogP contribution in [-0.2, 0) is 17.6 Å². The van der Waals surface area contributed by atoms with Gasteiger partial charge in [0.2, 0.25) is 11.0 Å². The third-order valence-corrected chi connectivity index (χ3v) is 4.43. The number of carbonyl (C=O) groups excluding carboxylic acids is 1. The Balaban J connectivity index is 1.53. The van der Waals surface area contributed by atoms with Crippen LogP contribution >= 0.6 is 11.5 Å². The number of aryl methyl sites for hydroxylation is 1. The van der Waals surface area contributed by atoms with Gasteiger partial charge in [0.1, 0.15) is 5.82 Å². The van der Waals surface area contributed by atoms with Crippen molar-refractivity contribution in [3.8, 4) is 0 Å². The van der Waals surface area contributed by atoms with Crippen LogP contribution in [-0.4, -0.2) is 46.3 Å². The van der Waals surface area contributed by atoms with Crippen molar-refractivity contribution in [2.24, 2.45) is 0 Å². The van der Waals surface area contributed by atoms with Crippen LogP contribution in [0.1, 0.15) is 18.3 Å². The molecule has 0 bridgehead atoms. The van der Waals surface area contributed by atoms with E-state index in [0.29, 0.717) is 6.42 Å². The lowest BCUT2D eigenvalue weighted by atomic mass is 10.2. The Morgan fingerprint density at radius 1 is 1.38 bits per heavy atom. The van der Waals surface area contributed by atoms with Crippen molar-refractivity contribution >= 4 is 22.6 Å². The number of hydrogen-bond acceptors (Lipinski definition) is 6. The fourth-order valence-electron chi connectivity index (χ4n) is 2.34. The van der Waals surface area contributed by atoms with Gasteiger partial charge in [-0.15, -0.1) is 0 Å². The van der Waals surface area contributed by atoms with Crippen LogP contribution in [0.4, 0.5) is 5.13 Å². The number of aromatic nitrogens is 2. The first-order valence-electron chi connectivity index (χ1n) is 7.12. The molecule has 0 radical (unpaired) electrons. The molecule has 3 rings (SSSR count). The summed E-state index contributed by atoms with van der Waals surface area (Å²) in [6.45, 7) is 5.15. The molecule has 1 saturated heterocycles. The van der Waals surface area contributed by atoms with Gasteiger partial charge in [0.25, 0.3) is 0 Å². The largest absolute Gasteiger partial charge is 0.472 e. The van der Waals surface area contributed by atoms with Gasteiger partial charge in [0.15, 0.2) is 0 Å². The molecule has 3 heterocycles. The zero-order valence-corrected chi connectivity index (χ0v) is 12.8. The van der Waals surface area contributed by atoms with Crippen LogP contribution in [0.25, 0.3) is 0 Å². The minimum Gasteiger partial charge on any atom is -0.472 e. The van der Waals surface area contributed by atoms with Crippen molar-refractivity contribution in [3.05, 3.63) is 30.0 Å². The summed E-state index contributed by atoms with van der Waals surface area (Å²) in [5.41, 5.74) is 0.930. The second kappa shape index (κ2) is 6.26. The molecule has 21 heavy (non-hydrogen) atoms. The number of piperazine rings is 1. The van der Waals surface area contributed by atoms with E-state index in [1.54, 1.807) is 12.5 Å². The SMILES string of the molecule is CCc1nsc(N2CCN(C(=O)Cc3ccoc3)CC2)n1. The summed E-state index contributed by atoms with van der Waals surface area (Å²) in [5, 5.41) is 0.966. The summed E-state index contributed by atoms with van der Waals surface area (Å²) in [4.78, 5) is 20.8. The third kappa shape index (κ3) is 3.24. The number of carbonyl (C=O) groups is 1. The van der Waals surface area contributed by atoms with E-state index in [1.807, 2.05) is 11.0 Å². The second-order valence-corrected chi connectivity index (χ2v) is 5.75. The van der Waals surface area contributed by atoms with Crippen LogP contribution in [0.15, 0.2) is 23.0 Å². The van der Waals surface area contributed by atoms with E-state index in [2.05, 4.69) is 21.2 Å².